The Labute approximate surface area is 157 Å². The molecule has 0 amide bonds. The van der Waals surface area contributed by atoms with Crippen LogP contribution < -0.4 is 14.8 Å². The van der Waals surface area contributed by atoms with Gasteiger partial charge in [0.05, 0.1) is 17.6 Å². The number of anilines is 2. The highest BCUT2D eigenvalue weighted by Crippen LogP contribution is 2.35. The number of nitrogens with one attached hydrogen (secondary N) is 1. The number of benzene rings is 2. The minimum Gasteiger partial charge on any atom is -0.493 e. The summed E-state index contributed by atoms with van der Waals surface area (Å²) in [4.78, 5) is 19.4. The van der Waals surface area contributed by atoms with Crippen LogP contribution in [0.3, 0.4) is 0 Å². The third kappa shape index (κ3) is 3.95. The molecule has 0 saturated heterocycles. The van der Waals surface area contributed by atoms with Crippen LogP contribution in [-0.4, -0.2) is 28.9 Å². The fraction of sp³-hybridized carbons (Fsp3) is 0.118. The van der Waals surface area contributed by atoms with Crippen LogP contribution in [0.4, 0.5) is 15.9 Å². The lowest BCUT2D eigenvalue weighted by Crippen LogP contribution is -2.06. The minimum absolute atomic E-state index is 0.0142. The molecule has 0 fully saturated rings. The Kier molecular flexibility index (Phi) is 5.39. The van der Waals surface area contributed by atoms with Gasteiger partial charge in [-0.3, -0.25) is 4.79 Å². The van der Waals surface area contributed by atoms with E-state index in [1.807, 2.05) is 0 Å². The van der Waals surface area contributed by atoms with Crippen molar-refractivity contribution in [2.24, 2.45) is 0 Å². The zero-order valence-corrected chi connectivity index (χ0v) is 14.9. The molecule has 3 rings (SSSR count). The summed E-state index contributed by atoms with van der Waals surface area (Å²) in [6.45, 7) is -0.312. The minimum atomic E-state index is -0.643. The normalized spacial score (nSPS) is 10.6. The van der Waals surface area contributed by atoms with Gasteiger partial charge in [0.1, 0.15) is 18.0 Å². The first-order chi connectivity index (χ1) is 12.5. The second-order valence-electron chi connectivity index (χ2n) is 5.14. The van der Waals surface area contributed by atoms with Crippen LogP contribution in [0, 0.1) is 5.82 Å². The van der Waals surface area contributed by atoms with Crippen LogP contribution in [0.25, 0.3) is 10.9 Å². The first kappa shape index (κ1) is 18.2. The van der Waals surface area contributed by atoms with Crippen molar-refractivity contribution < 1.29 is 18.7 Å². The second kappa shape index (κ2) is 7.72. The average molecular weight is 396 g/mol. The van der Waals surface area contributed by atoms with Gasteiger partial charge in [0.25, 0.3) is 5.24 Å². The molecule has 6 nitrogen and oxygen atoms in total. The van der Waals surface area contributed by atoms with Gasteiger partial charge in [-0.05, 0) is 35.9 Å². The number of hydrogen-bond donors (Lipinski definition) is 1. The number of ether oxygens (including phenoxy) is 2. The number of carbonyl (C=O) groups excluding carboxylic acids is 1. The van der Waals surface area contributed by atoms with Gasteiger partial charge < -0.3 is 14.8 Å². The molecular weight excluding hydrogens is 384 g/mol. The molecule has 0 spiro atoms. The number of hydrogen-bond acceptors (Lipinski definition) is 6. The molecule has 0 saturated carbocycles. The zero-order chi connectivity index (χ0) is 18.7. The summed E-state index contributed by atoms with van der Waals surface area (Å²) < 4.78 is 24.0. The summed E-state index contributed by atoms with van der Waals surface area (Å²) in [6, 6.07) is 7.49. The summed E-state index contributed by atoms with van der Waals surface area (Å²) in [7, 11) is 1.47. The predicted molar refractivity (Wildman–Crippen MR) is 97.1 cm³/mol. The summed E-state index contributed by atoms with van der Waals surface area (Å²) >= 11 is 11.1. The van der Waals surface area contributed by atoms with Crippen molar-refractivity contribution in [3.05, 3.63) is 47.5 Å². The molecule has 0 aliphatic carbocycles. The quantitative estimate of drug-likeness (QED) is 0.626. The fourth-order valence-corrected chi connectivity index (χ4v) is 2.52. The van der Waals surface area contributed by atoms with E-state index in [4.69, 9.17) is 32.7 Å². The van der Waals surface area contributed by atoms with Gasteiger partial charge >= 0.3 is 0 Å². The van der Waals surface area contributed by atoms with Crippen molar-refractivity contribution in [2.75, 3.05) is 19.0 Å². The third-order valence-corrected chi connectivity index (χ3v) is 3.84. The molecular formula is C17H12Cl2FN3O3. The van der Waals surface area contributed by atoms with E-state index in [1.54, 1.807) is 12.1 Å². The predicted octanol–water partition coefficient (Wildman–Crippen LogP) is 4.32. The maximum absolute atomic E-state index is 13.3. The van der Waals surface area contributed by atoms with Gasteiger partial charge in [-0.2, -0.15) is 0 Å². The summed E-state index contributed by atoms with van der Waals surface area (Å²) in [5.41, 5.74) is 1.13. The van der Waals surface area contributed by atoms with E-state index in [-0.39, 0.29) is 11.6 Å². The van der Waals surface area contributed by atoms with Gasteiger partial charge in [-0.1, -0.05) is 11.6 Å². The van der Waals surface area contributed by atoms with E-state index < -0.39 is 11.1 Å². The fourth-order valence-electron chi connectivity index (χ4n) is 2.28. The second-order valence-corrected chi connectivity index (χ2v) is 5.97. The molecule has 134 valence electrons. The molecule has 0 bridgehead atoms. The van der Waals surface area contributed by atoms with Gasteiger partial charge in [0.15, 0.2) is 18.1 Å². The van der Waals surface area contributed by atoms with Crippen molar-refractivity contribution in [3.8, 4) is 11.5 Å². The van der Waals surface area contributed by atoms with Gasteiger partial charge in [-0.25, -0.2) is 14.4 Å². The first-order valence-electron chi connectivity index (χ1n) is 7.34. The number of fused-ring (bicyclic) bond motifs is 1. The summed E-state index contributed by atoms with van der Waals surface area (Å²) in [5, 5.41) is 3.00. The Morgan fingerprint density at radius 2 is 2.04 bits per heavy atom. The van der Waals surface area contributed by atoms with E-state index in [0.717, 1.165) is 0 Å². The molecule has 0 aliphatic rings. The van der Waals surface area contributed by atoms with Crippen molar-refractivity contribution in [1.82, 2.24) is 9.97 Å². The molecule has 0 unspecified atom stereocenters. The highest BCUT2D eigenvalue weighted by Gasteiger charge is 2.13. The Hall–Kier alpha value is -2.64. The smallest absolute Gasteiger partial charge is 0.259 e. The monoisotopic (exact) mass is 395 g/mol. The van der Waals surface area contributed by atoms with Crippen LogP contribution in [0.5, 0.6) is 11.5 Å². The Bertz CT molecular complexity index is 985. The Morgan fingerprint density at radius 1 is 1.23 bits per heavy atom. The summed E-state index contributed by atoms with van der Waals surface area (Å²) in [6.07, 6.45) is 1.37. The average Bonchev–Trinajstić information content (AvgIpc) is 2.62. The molecule has 0 atom stereocenters. The van der Waals surface area contributed by atoms with Crippen molar-refractivity contribution in [3.63, 3.8) is 0 Å². The molecule has 2 aromatic carbocycles. The number of nitrogens with zero attached hydrogens (tertiary/aromatic N) is 2. The number of carbonyl (C=O) groups is 1. The zero-order valence-electron chi connectivity index (χ0n) is 13.4. The first-order valence-corrected chi connectivity index (χ1v) is 8.09. The lowest BCUT2D eigenvalue weighted by Gasteiger charge is -2.13. The largest absolute Gasteiger partial charge is 0.493 e. The molecule has 1 heterocycles. The maximum atomic E-state index is 13.3. The highest BCUT2D eigenvalue weighted by atomic mass is 35.5. The number of halogens is 3. The van der Waals surface area contributed by atoms with Gasteiger partial charge in [-0.15, -0.1) is 0 Å². The van der Waals surface area contributed by atoms with Crippen molar-refractivity contribution in [2.45, 2.75) is 0 Å². The number of methoxy groups -OCH3 is 1. The highest BCUT2D eigenvalue weighted by molar-refractivity contribution is 6.63. The Morgan fingerprint density at radius 3 is 2.73 bits per heavy atom. The topological polar surface area (TPSA) is 73.3 Å². The van der Waals surface area contributed by atoms with Crippen LogP contribution in [0.2, 0.25) is 5.02 Å². The van der Waals surface area contributed by atoms with Crippen molar-refractivity contribution in [1.29, 1.82) is 0 Å². The van der Waals surface area contributed by atoms with Gasteiger partial charge in [0, 0.05) is 17.1 Å². The van der Waals surface area contributed by atoms with E-state index in [1.165, 1.54) is 31.6 Å². The van der Waals surface area contributed by atoms with E-state index in [0.29, 0.717) is 33.9 Å². The van der Waals surface area contributed by atoms with Crippen molar-refractivity contribution >= 4 is 50.9 Å². The lowest BCUT2D eigenvalue weighted by atomic mass is 10.2. The lowest BCUT2D eigenvalue weighted by molar-refractivity contribution is -0.113. The molecule has 0 radical (unpaired) electrons. The number of rotatable bonds is 6. The molecule has 0 aliphatic heterocycles. The number of aromatic nitrogens is 2. The third-order valence-electron chi connectivity index (χ3n) is 3.44. The van der Waals surface area contributed by atoms with Crippen LogP contribution in [-0.2, 0) is 4.79 Å². The van der Waals surface area contributed by atoms with Crippen LogP contribution in [0.1, 0.15) is 0 Å². The van der Waals surface area contributed by atoms with E-state index in [9.17, 15) is 9.18 Å². The standard InChI is InChI=1S/C17H12Cl2FN3O3/c1-25-14-6-13-10(5-15(14)26-7-16(19)24)17(22-8-21-13)23-9-2-3-12(20)11(18)4-9/h2-6,8H,7H2,1H3,(H,21,22,23). The molecule has 1 N–H and O–H groups in total. The van der Waals surface area contributed by atoms with E-state index in [2.05, 4.69) is 15.3 Å². The van der Waals surface area contributed by atoms with E-state index >= 15 is 0 Å². The van der Waals surface area contributed by atoms with Crippen LogP contribution in [0.15, 0.2) is 36.7 Å². The summed E-state index contributed by atoms with van der Waals surface area (Å²) in [5.74, 6) is 0.632. The molecule has 1 aromatic heterocycles. The van der Waals surface area contributed by atoms with Gasteiger partial charge in [0.2, 0.25) is 0 Å². The maximum Gasteiger partial charge on any atom is 0.259 e. The molecule has 3 aromatic rings. The SMILES string of the molecule is COc1cc2ncnc(Nc3ccc(F)c(Cl)c3)c2cc1OCC(=O)Cl. The van der Waals surface area contributed by atoms with Crippen LogP contribution >= 0.6 is 23.2 Å². The molecule has 26 heavy (non-hydrogen) atoms. The Balaban J connectivity index is 2.03. The molecule has 9 heteroatoms.